The van der Waals surface area contributed by atoms with E-state index in [0.717, 1.165) is 27.8 Å². The Morgan fingerprint density at radius 2 is 2.12 bits per heavy atom. The summed E-state index contributed by atoms with van der Waals surface area (Å²) in [4.78, 5) is 12.0. The van der Waals surface area contributed by atoms with Crippen molar-refractivity contribution in [1.29, 1.82) is 0 Å². The first-order valence-electron chi connectivity index (χ1n) is 8.06. The van der Waals surface area contributed by atoms with E-state index in [1.165, 1.54) is 17.8 Å². The molecule has 4 rings (SSSR count). The van der Waals surface area contributed by atoms with E-state index in [2.05, 4.69) is 15.5 Å². The lowest BCUT2D eigenvalue weighted by Gasteiger charge is -2.08. The van der Waals surface area contributed by atoms with Gasteiger partial charge in [-0.3, -0.25) is 0 Å². The largest absolute Gasteiger partial charge is 0.467 e. The van der Waals surface area contributed by atoms with Gasteiger partial charge in [-0.25, -0.2) is 9.48 Å². The standard InChI is InChI=1S/C18H16N4O3S/c1-11-5-6-15-13(8-16(23)25-17(15)12(11)2)10-26-18-19-20-21-22(18)9-14-4-3-7-24-14/h3-8H,9-10H2,1-2H3. The number of thioether (sulfide) groups is 1. The normalized spacial score (nSPS) is 11.3. The van der Waals surface area contributed by atoms with E-state index in [1.807, 2.05) is 38.1 Å². The summed E-state index contributed by atoms with van der Waals surface area (Å²) in [5, 5.41) is 13.4. The number of hydrogen-bond acceptors (Lipinski definition) is 7. The molecule has 132 valence electrons. The van der Waals surface area contributed by atoms with Gasteiger partial charge in [-0.15, -0.1) is 5.10 Å². The number of aromatic nitrogens is 4. The Kier molecular flexibility index (Phi) is 4.34. The van der Waals surface area contributed by atoms with E-state index in [-0.39, 0.29) is 5.63 Å². The predicted molar refractivity (Wildman–Crippen MR) is 97.1 cm³/mol. The monoisotopic (exact) mass is 368 g/mol. The van der Waals surface area contributed by atoms with Gasteiger partial charge in [0.2, 0.25) is 5.16 Å². The van der Waals surface area contributed by atoms with Crippen molar-refractivity contribution in [3.8, 4) is 0 Å². The van der Waals surface area contributed by atoms with E-state index in [1.54, 1.807) is 10.9 Å². The molecule has 7 nitrogen and oxygen atoms in total. The van der Waals surface area contributed by atoms with Crippen molar-refractivity contribution in [2.45, 2.75) is 31.3 Å². The van der Waals surface area contributed by atoms with Crippen LogP contribution in [0.15, 0.2) is 55.4 Å². The smallest absolute Gasteiger partial charge is 0.336 e. The van der Waals surface area contributed by atoms with Gasteiger partial charge in [0, 0.05) is 17.2 Å². The number of rotatable bonds is 5. The van der Waals surface area contributed by atoms with Crippen LogP contribution in [-0.2, 0) is 12.3 Å². The van der Waals surface area contributed by atoms with Crippen LogP contribution in [0.4, 0.5) is 0 Å². The zero-order valence-electron chi connectivity index (χ0n) is 14.3. The van der Waals surface area contributed by atoms with Crippen molar-refractivity contribution >= 4 is 22.7 Å². The molecule has 0 spiro atoms. The Morgan fingerprint density at radius 1 is 1.23 bits per heavy atom. The molecule has 0 N–H and O–H groups in total. The topological polar surface area (TPSA) is 87.0 Å². The number of hydrogen-bond donors (Lipinski definition) is 0. The molecule has 26 heavy (non-hydrogen) atoms. The Hall–Kier alpha value is -2.87. The van der Waals surface area contributed by atoms with Gasteiger partial charge in [0.05, 0.1) is 6.26 Å². The molecule has 0 fully saturated rings. The molecular formula is C18H16N4O3S. The van der Waals surface area contributed by atoms with E-state index < -0.39 is 0 Å². The molecule has 0 saturated heterocycles. The van der Waals surface area contributed by atoms with Crippen molar-refractivity contribution in [3.05, 3.63) is 69.5 Å². The molecule has 0 aliphatic carbocycles. The minimum atomic E-state index is -0.350. The van der Waals surface area contributed by atoms with E-state index in [0.29, 0.717) is 23.0 Å². The van der Waals surface area contributed by atoms with E-state index >= 15 is 0 Å². The van der Waals surface area contributed by atoms with Crippen LogP contribution in [0.1, 0.15) is 22.5 Å². The Balaban J connectivity index is 1.62. The average Bonchev–Trinajstić information content (AvgIpc) is 3.29. The van der Waals surface area contributed by atoms with Crippen LogP contribution in [0.25, 0.3) is 11.0 Å². The molecule has 1 aromatic carbocycles. The maximum absolute atomic E-state index is 12.0. The number of tetrazole rings is 1. The maximum atomic E-state index is 12.0. The fourth-order valence-electron chi connectivity index (χ4n) is 2.74. The number of aryl methyl sites for hydroxylation is 2. The second kappa shape index (κ2) is 6.80. The van der Waals surface area contributed by atoms with Gasteiger partial charge in [0.15, 0.2) is 0 Å². The van der Waals surface area contributed by atoms with Crippen LogP contribution in [0.3, 0.4) is 0 Å². The first kappa shape index (κ1) is 16.6. The highest BCUT2D eigenvalue weighted by molar-refractivity contribution is 7.98. The van der Waals surface area contributed by atoms with Crippen LogP contribution < -0.4 is 5.63 Å². The fraction of sp³-hybridized carbons (Fsp3) is 0.222. The number of nitrogens with zero attached hydrogens (tertiary/aromatic N) is 4. The third kappa shape index (κ3) is 3.15. The summed E-state index contributed by atoms with van der Waals surface area (Å²) in [7, 11) is 0. The molecule has 0 atom stereocenters. The minimum Gasteiger partial charge on any atom is -0.467 e. The van der Waals surface area contributed by atoms with Crippen LogP contribution in [0, 0.1) is 13.8 Å². The van der Waals surface area contributed by atoms with Crippen molar-refractivity contribution in [2.24, 2.45) is 0 Å². The Morgan fingerprint density at radius 3 is 2.92 bits per heavy atom. The van der Waals surface area contributed by atoms with Gasteiger partial charge >= 0.3 is 5.63 Å². The molecule has 4 aromatic rings. The highest BCUT2D eigenvalue weighted by Gasteiger charge is 2.13. The lowest BCUT2D eigenvalue weighted by atomic mass is 10.0. The lowest BCUT2D eigenvalue weighted by molar-refractivity contribution is 0.462. The second-order valence-corrected chi connectivity index (χ2v) is 6.90. The number of furan rings is 1. The zero-order valence-corrected chi connectivity index (χ0v) is 15.1. The zero-order chi connectivity index (χ0) is 18.1. The Bertz CT molecular complexity index is 1120. The summed E-state index contributed by atoms with van der Waals surface area (Å²) in [6.45, 7) is 4.42. The average molecular weight is 368 g/mol. The Labute approximate surface area is 153 Å². The quantitative estimate of drug-likeness (QED) is 0.394. The summed E-state index contributed by atoms with van der Waals surface area (Å²) >= 11 is 1.47. The molecule has 0 radical (unpaired) electrons. The van der Waals surface area contributed by atoms with Crippen LogP contribution >= 0.6 is 11.8 Å². The van der Waals surface area contributed by atoms with Crippen molar-refractivity contribution in [2.75, 3.05) is 0 Å². The molecule has 0 unspecified atom stereocenters. The van der Waals surface area contributed by atoms with Crippen molar-refractivity contribution in [1.82, 2.24) is 20.2 Å². The molecular weight excluding hydrogens is 352 g/mol. The van der Waals surface area contributed by atoms with Gasteiger partial charge in [-0.05, 0) is 53.1 Å². The van der Waals surface area contributed by atoms with Gasteiger partial charge in [0.25, 0.3) is 0 Å². The molecule has 0 aliphatic rings. The molecule has 0 aliphatic heterocycles. The highest BCUT2D eigenvalue weighted by Crippen LogP contribution is 2.28. The summed E-state index contributed by atoms with van der Waals surface area (Å²) in [6.07, 6.45) is 1.62. The van der Waals surface area contributed by atoms with Crippen LogP contribution in [0.5, 0.6) is 0 Å². The predicted octanol–water partition coefficient (Wildman–Crippen LogP) is 3.33. The summed E-state index contributed by atoms with van der Waals surface area (Å²) in [5.74, 6) is 1.33. The van der Waals surface area contributed by atoms with Crippen LogP contribution in [0.2, 0.25) is 0 Å². The summed E-state index contributed by atoms with van der Waals surface area (Å²) in [6, 6.07) is 9.25. The fourth-order valence-corrected chi connectivity index (χ4v) is 3.60. The van der Waals surface area contributed by atoms with E-state index in [4.69, 9.17) is 8.83 Å². The second-order valence-electron chi connectivity index (χ2n) is 5.96. The molecule has 0 amide bonds. The first-order valence-corrected chi connectivity index (χ1v) is 9.04. The first-order chi connectivity index (χ1) is 12.6. The van der Waals surface area contributed by atoms with Crippen molar-refractivity contribution in [3.63, 3.8) is 0 Å². The summed E-state index contributed by atoms with van der Waals surface area (Å²) in [5.41, 5.74) is 3.26. The lowest BCUT2D eigenvalue weighted by Crippen LogP contribution is -2.04. The highest BCUT2D eigenvalue weighted by atomic mass is 32.2. The van der Waals surface area contributed by atoms with Gasteiger partial charge in [-0.1, -0.05) is 23.9 Å². The van der Waals surface area contributed by atoms with Crippen molar-refractivity contribution < 1.29 is 8.83 Å². The molecule has 3 aromatic heterocycles. The minimum absolute atomic E-state index is 0.350. The van der Waals surface area contributed by atoms with Gasteiger partial charge in [0.1, 0.15) is 17.9 Å². The molecule has 3 heterocycles. The third-order valence-electron chi connectivity index (χ3n) is 4.26. The van der Waals surface area contributed by atoms with Gasteiger partial charge < -0.3 is 8.83 Å². The van der Waals surface area contributed by atoms with E-state index in [9.17, 15) is 4.79 Å². The number of fused-ring (bicyclic) bond motifs is 1. The molecule has 0 saturated carbocycles. The third-order valence-corrected chi connectivity index (χ3v) is 5.26. The maximum Gasteiger partial charge on any atom is 0.336 e. The summed E-state index contributed by atoms with van der Waals surface area (Å²) < 4.78 is 12.4. The SMILES string of the molecule is Cc1ccc2c(CSc3nnnn3Cc3ccco3)cc(=O)oc2c1C. The molecule has 0 bridgehead atoms. The number of benzene rings is 1. The van der Waals surface area contributed by atoms with Crippen LogP contribution in [-0.4, -0.2) is 20.2 Å². The molecule has 8 heteroatoms. The van der Waals surface area contributed by atoms with Gasteiger partial charge in [-0.2, -0.15) is 0 Å².